The lowest BCUT2D eigenvalue weighted by Crippen LogP contribution is -2.41. The number of carbonyl (C=O) groups is 2. The van der Waals surface area contributed by atoms with E-state index in [1.165, 1.54) is 5.56 Å². The highest BCUT2D eigenvalue weighted by Gasteiger charge is 2.38. The van der Waals surface area contributed by atoms with E-state index in [4.69, 9.17) is 9.84 Å². The first kappa shape index (κ1) is 24.8. The Morgan fingerprint density at radius 2 is 2.00 bits per heavy atom. The van der Waals surface area contributed by atoms with E-state index in [0.29, 0.717) is 40.8 Å². The van der Waals surface area contributed by atoms with E-state index < -0.39 is 36.9 Å². The van der Waals surface area contributed by atoms with Gasteiger partial charge in [-0.15, -0.1) is 0 Å². The number of amides is 1. The number of aromatic nitrogens is 1. The number of pyridine rings is 1. The Hall–Kier alpha value is -3.30. The van der Waals surface area contributed by atoms with Crippen LogP contribution in [0.25, 0.3) is 0 Å². The summed E-state index contributed by atoms with van der Waals surface area (Å²) < 4.78 is 45.2. The Kier molecular flexibility index (Phi) is 7.18. The fraction of sp³-hybridized carbons (Fsp3) is 0.480. The van der Waals surface area contributed by atoms with Crippen LogP contribution in [0.3, 0.4) is 0 Å². The molecule has 2 N–H and O–H groups in total. The molecule has 3 heterocycles. The third-order valence-corrected chi connectivity index (χ3v) is 6.35. The average molecular weight is 492 g/mol. The molecule has 7 nitrogen and oxygen atoms in total. The number of fused-ring (bicyclic) bond motifs is 2. The van der Waals surface area contributed by atoms with Gasteiger partial charge in [-0.2, -0.15) is 13.2 Å². The van der Waals surface area contributed by atoms with Crippen LogP contribution in [0.2, 0.25) is 0 Å². The number of halogens is 3. The molecular weight excluding hydrogens is 463 g/mol. The van der Waals surface area contributed by atoms with Gasteiger partial charge in [0.25, 0.3) is 0 Å². The highest BCUT2D eigenvalue weighted by atomic mass is 19.4. The van der Waals surface area contributed by atoms with Gasteiger partial charge in [0.15, 0.2) is 0 Å². The number of carboxylic acids is 1. The van der Waals surface area contributed by atoms with Crippen molar-refractivity contribution in [2.75, 3.05) is 18.5 Å². The van der Waals surface area contributed by atoms with Crippen molar-refractivity contribution in [1.82, 2.24) is 9.88 Å². The molecule has 35 heavy (non-hydrogen) atoms. The summed E-state index contributed by atoms with van der Waals surface area (Å²) in [7, 11) is 0. The smallest absolute Gasteiger partial charge is 0.406 e. The predicted octanol–water partition coefficient (Wildman–Crippen LogP) is 3.99. The van der Waals surface area contributed by atoms with Crippen molar-refractivity contribution in [2.24, 2.45) is 5.92 Å². The van der Waals surface area contributed by atoms with Crippen molar-refractivity contribution in [1.29, 1.82) is 0 Å². The highest BCUT2D eigenvalue weighted by Crippen LogP contribution is 2.30. The Labute approximate surface area is 201 Å². The maximum atomic E-state index is 13.1. The standard InChI is InChI=1S/C25H28F3N3O4/c1-15-2-3-16-4-6-20(30-23(16)29-15)8-9-35-21-7-5-17-10-18(12-22(32)33)24(34)31(13-19(17)11-21)14-25(26,27)28/h4-7,11,15,18H,2-3,8-10,12-14H2,1H3,(H,29,30)(H,32,33)/t15?,18-/m0/s1. The van der Waals surface area contributed by atoms with Gasteiger partial charge >= 0.3 is 12.1 Å². The molecule has 0 fully saturated rings. The van der Waals surface area contributed by atoms with Crippen LogP contribution in [-0.4, -0.2) is 52.2 Å². The van der Waals surface area contributed by atoms with Gasteiger partial charge in [0, 0.05) is 24.7 Å². The van der Waals surface area contributed by atoms with E-state index in [1.807, 2.05) is 6.07 Å². The molecule has 2 aliphatic rings. The van der Waals surface area contributed by atoms with Crippen molar-refractivity contribution in [3.63, 3.8) is 0 Å². The molecule has 0 saturated carbocycles. The van der Waals surface area contributed by atoms with Crippen LogP contribution in [0.5, 0.6) is 5.75 Å². The van der Waals surface area contributed by atoms with E-state index in [2.05, 4.69) is 23.3 Å². The summed E-state index contributed by atoms with van der Waals surface area (Å²) in [6.07, 6.45) is -2.43. The number of anilines is 1. The number of carboxylic acid groups (broad SMARTS) is 1. The summed E-state index contributed by atoms with van der Waals surface area (Å²) in [5.74, 6) is -1.69. The number of nitrogens with one attached hydrogen (secondary N) is 1. The number of rotatable bonds is 7. The molecule has 1 unspecified atom stereocenters. The summed E-state index contributed by atoms with van der Waals surface area (Å²) in [6.45, 7) is 0.763. The molecule has 0 spiro atoms. The van der Waals surface area contributed by atoms with Crippen LogP contribution < -0.4 is 10.1 Å². The highest BCUT2D eigenvalue weighted by molar-refractivity contribution is 5.84. The minimum atomic E-state index is -4.59. The Morgan fingerprint density at radius 3 is 2.74 bits per heavy atom. The van der Waals surface area contributed by atoms with Crippen molar-refractivity contribution in [2.45, 2.75) is 57.8 Å². The van der Waals surface area contributed by atoms with Crippen LogP contribution in [-0.2, 0) is 35.4 Å². The fourth-order valence-electron chi connectivity index (χ4n) is 4.60. The SMILES string of the molecule is CC1CCc2ccc(CCOc3ccc4c(c3)CN(CC(F)(F)F)C(=O)[C@H](CC(=O)O)C4)nc2N1. The third-order valence-electron chi connectivity index (χ3n) is 6.35. The molecule has 0 radical (unpaired) electrons. The number of nitrogens with zero attached hydrogens (tertiary/aromatic N) is 2. The number of hydrogen-bond acceptors (Lipinski definition) is 5. The molecule has 0 saturated heterocycles. The van der Waals surface area contributed by atoms with Crippen molar-refractivity contribution < 1.29 is 32.6 Å². The second-order valence-corrected chi connectivity index (χ2v) is 9.23. The number of ether oxygens (including phenoxy) is 1. The monoisotopic (exact) mass is 491 g/mol. The number of benzene rings is 1. The third kappa shape index (κ3) is 6.43. The molecule has 2 atom stereocenters. The van der Waals surface area contributed by atoms with Gasteiger partial charge in [0.05, 0.1) is 18.9 Å². The molecule has 4 rings (SSSR count). The van der Waals surface area contributed by atoms with Crippen molar-refractivity contribution in [3.05, 3.63) is 52.7 Å². The lowest BCUT2D eigenvalue weighted by molar-refractivity contribution is -0.165. The first-order valence-electron chi connectivity index (χ1n) is 11.6. The first-order chi connectivity index (χ1) is 16.6. The molecule has 10 heteroatoms. The van der Waals surface area contributed by atoms with Crippen LogP contribution in [0.15, 0.2) is 30.3 Å². The predicted molar refractivity (Wildman–Crippen MR) is 122 cm³/mol. The maximum absolute atomic E-state index is 13.1. The molecule has 1 amide bonds. The summed E-state index contributed by atoms with van der Waals surface area (Å²) in [4.78, 5) is 29.2. The zero-order chi connectivity index (χ0) is 25.2. The van der Waals surface area contributed by atoms with E-state index in [0.717, 1.165) is 24.4 Å². The van der Waals surface area contributed by atoms with Gasteiger partial charge in [-0.25, -0.2) is 4.98 Å². The number of carbonyl (C=O) groups excluding carboxylic acids is 1. The number of aryl methyl sites for hydroxylation is 1. The van der Waals surface area contributed by atoms with Gasteiger partial charge in [-0.05, 0) is 61.1 Å². The van der Waals surface area contributed by atoms with Crippen LogP contribution in [0.4, 0.5) is 19.0 Å². The molecular formula is C25H28F3N3O4. The fourth-order valence-corrected chi connectivity index (χ4v) is 4.60. The normalized spacial score (nSPS) is 19.9. The minimum absolute atomic E-state index is 0.0690. The Bertz CT molecular complexity index is 1110. The van der Waals surface area contributed by atoms with Gasteiger partial charge < -0.3 is 20.1 Å². The zero-order valence-corrected chi connectivity index (χ0v) is 19.4. The van der Waals surface area contributed by atoms with Crippen LogP contribution >= 0.6 is 0 Å². The van der Waals surface area contributed by atoms with Gasteiger partial charge in [-0.1, -0.05) is 12.1 Å². The summed E-state index contributed by atoms with van der Waals surface area (Å²) >= 11 is 0. The van der Waals surface area contributed by atoms with Gasteiger partial charge in [-0.3, -0.25) is 9.59 Å². The molecule has 188 valence electrons. The molecule has 0 aliphatic carbocycles. The molecule has 0 bridgehead atoms. The zero-order valence-electron chi connectivity index (χ0n) is 19.4. The van der Waals surface area contributed by atoms with Gasteiger partial charge in [0.1, 0.15) is 18.1 Å². The van der Waals surface area contributed by atoms with Crippen molar-refractivity contribution in [3.8, 4) is 5.75 Å². The molecule has 1 aromatic heterocycles. The lowest BCUT2D eigenvalue weighted by atomic mass is 9.94. The van der Waals surface area contributed by atoms with E-state index in [-0.39, 0.29) is 13.0 Å². The lowest BCUT2D eigenvalue weighted by Gasteiger charge is -2.25. The number of alkyl halides is 3. The molecule has 2 aromatic rings. The molecule has 1 aromatic carbocycles. The Balaban J connectivity index is 1.45. The van der Waals surface area contributed by atoms with Crippen LogP contribution in [0.1, 0.15) is 42.1 Å². The van der Waals surface area contributed by atoms with Gasteiger partial charge in [0.2, 0.25) is 5.91 Å². The number of hydrogen-bond donors (Lipinski definition) is 2. The second kappa shape index (κ2) is 10.1. The summed E-state index contributed by atoms with van der Waals surface area (Å²) in [5, 5.41) is 12.5. The second-order valence-electron chi connectivity index (χ2n) is 9.23. The van der Waals surface area contributed by atoms with Crippen LogP contribution in [0, 0.1) is 5.92 Å². The van der Waals surface area contributed by atoms with Crippen molar-refractivity contribution >= 4 is 17.7 Å². The largest absolute Gasteiger partial charge is 0.493 e. The summed E-state index contributed by atoms with van der Waals surface area (Å²) in [5.41, 5.74) is 3.24. The maximum Gasteiger partial charge on any atom is 0.406 e. The Morgan fingerprint density at radius 1 is 1.23 bits per heavy atom. The van der Waals surface area contributed by atoms with E-state index >= 15 is 0 Å². The molecule has 2 aliphatic heterocycles. The average Bonchev–Trinajstić information content (AvgIpc) is 2.88. The quantitative estimate of drug-likeness (QED) is 0.609. The number of aliphatic carboxylic acids is 1. The first-order valence-corrected chi connectivity index (χ1v) is 11.6. The minimum Gasteiger partial charge on any atom is -0.493 e. The topological polar surface area (TPSA) is 91.8 Å². The van der Waals surface area contributed by atoms with E-state index in [9.17, 15) is 22.8 Å². The van der Waals surface area contributed by atoms with E-state index in [1.54, 1.807) is 18.2 Å². The summed E-state index contributed by atoms with van der Waals surface area (Å²) in [6, 6.07) is 9.45.